The summed E-state index contributed by atoms with van der Waals surface area (Å²) in [6.45, 7) is 4.01. The van der Waals surface area contributed by atoms with Crippen molar-refractivity contribution in [2.45, 2.75) is 25.5 Å². The van der Waals surface area contributed by atoms with E-state index in [2.05, 4.69) is 23.3 Å². The highest BCUT2D eigenvalue weighted by molar-refractivity contribution is 7.99. The molecule has 2 unspecified atom stereocenters. The van der Waals surface area contributed by atoms with E-state index >= 15 is 0 Å². The quantitative estimate of drug-likeness (QED) is 0.865. The minimum absolute atomic E-state index is 0.328. The van der Waals surface area contributed by atoms with Gasteiger partial charge in [0.25, 0.3) is 0 Å². The molecule has 0 amide bonds. The lowest BCUT2D eigenvalue weighted by Gasteiger charge is -2.30. The van der Waals surface area contributed by atoms with Gasteiger partial charge in [-0.15, -0.1) is 0 Å². The zero-order valence-electron chi connectivity index (χ0n) is 10.3. The van der Waals surface area contributed by atoms with Crippen LogP contribution in [0.4, 0.5) is 0 Å². The van der Waals surface area contributed by atoms with Crippen LogP contribution < -0.4 is 5.32 Å². The molecule has 0 aromatic carbocycles. The highest BCUT2D eigenvalue weighted by Crippen LogP contribution is 2.17. The van der Waals surface area contributed by atoms with Crippen LogP contribution in [0.3, 0.4) is 0 Å². The maximum absolute atomic E-state index is 5.86. The Hall–Kier alpha value is -0.580. The predicted molar refractivity (Wildman–Crippen MR) is 72.5 cm³/mol. The van der Waals surface area contributed by atoms with E-state index in [-0.39, 0.29) is 0 Å². The van der Waals surface area contributed by atoms with Crippen molar-refractivity contribution in [1.29, 1.82) is 0 Å². The van der Waals surface area contributed by atoms with E-state index in [1.165, 1.54) is 5.56 Å². The van der Waals surface area contributed by atoms with Gasteiger partial charge in [-0.25, -0.2) is 0 Å². The number of likely N-dealkylation sites (N-methyl/N-ethyl adjacent to an activating group) is 1. The Morgan fingerprint density at radius 2 is 2.59 bits per heavy atom. The highest BCUT2D eigenvalue weighted by atomic mass is 32.2. The number of thioether (sulfide) groups is 1. The smallest absolute Gasteiger partial charge is 0.0821 e. The number of hydrogen-bond donors (Lipinski definition) is 1. The number of hydrogen-bond acceptors (Lipinski definition) is 4. The van der Waals surface area contributed by atoms with Crippen molar-refractivity contribution >= 4 is 11.8 Å². The molecule has 1 aromatic heterocycles. The molecule has 0 saturated carbocycles. The Bertz CT molecular complexity index is 314. The van der Waals surface area contributed by atoms with Crippen molar-refractivity contribution < 1.29 is 4.74 Å². The minimum atomic E-state index is 0.328. The molecule has 3 nitrogen and oxygen atoms in total. The summed E-state index contributed by atoms with van der Waals surface area (Å²) in [5.74, 6) is 2.22. The molecular formula is C13H20N2OS. The molecule has 1 fully saturated rings. The Labute approximate surface area is 107 Å². The first-order valence-electron chi connectivity index (χ1n) is 6.21. The fourth-order valence-electron chi connectivity index (χ4n) is 2.11. The lowest BCUT2D eigenvalue weighted by Crippen LogP contribution is -2.46. The number of ether oxygens (including phenoxy) is 1. The van der Waals surface area contributed by atoms with Crippen molar-refractivity contribution in [3.05, 3.63) is 30.1 Å². The molecule has 1 saturated heterocycles. The zero-order valence-corrected chi connectivity index (χ0v) is 11.1. The third-order valence-corrected chi connectivity index (χ3v) is 3.95. The first-order chi connectivity index (χ1) is 8.40. The SMILES string of the molecule is CCNC(Cc1cccnc1)C1CSCCO1. The van der Waals surface area contributed by atoms with Crippen LogP contribution in [0.2, 0.25) is 0 Å². The van der Waals surface area contributed by atoms with Crippen LogP contribution in [-0.2, 0) is 11.2 Å². The molecule has 0 spiro atoms. The number of nitrogens with one attached hydrogen (secondary N) is 1. The summed E-state index contributed by atoms with van der Waals surface area (Å²) < 4.78 is 5.86. The summed E-state index contributed by atoms with van der Waals surface area (Å²) in [6, 6.07) is 4.53. The van der Waals surface area contributed by atoms with Gasteiger partial charge >= 0.3 is 0 Å². The minimum Gasteiger partial charge on any atom is -0.375 e. The average molecular weight is 252 g/mol. The van der Waals surface area contributed by atoms with Crippen LogP contribution in [0.25, 0.3) is 0 Å². The second-order valence-electron chi connectivity index (χ2n) is 4.21. The fraction of sp³-hybridized carbons (Fsp3) is 0.615. The van der Waals surface area contributed by atoms with Crippen LogP contribution in [0.5, 0.6) is 0 Å². The molecule has 1 aliphatic heterocycles. The van der Waals surface area contributed by atoms with Crippen molar-refractivity contribution in [2.75, 3.05) is 24.7 Å². The summed E-state index contributed by atoms with van der Waals surface area (Å²) in [5.41, 5.74) is 1.28. The maximum atomic E-state index is 5.86. The molecule has 4 heteroatoms. The standard InChI is InChI=1S/C13H20N2OS/c1-2-15-12(13-10-17-7-6-16-13)8-11-4-3-5-14-9-11/h3-5,9,12-13,15H,2,6-8,10H2,1H3. The van der Waals surface area contributed by atoms with E-state index in [4.69, 9.17) is 4.74 Å². The summed E-state index contributed by atoms with van der Waals surface area (Å²) in [6.07, 6.45) is 5.08. The van der Waals surface area contributed by atoms with E-state index in [0.717, 1.165) is 31.1 Å². The van der Waals surface area contributed by atoms with Gasteiger partial charge in [-0.1, -0.05) is 13.0 Å². The molecular weight excluding hydrogens is 232 g/mol. The molecule has 0 aliphatic carbocycles. The van der Waals surface area contributed by atoms with Crippen molar-refractivity contribution in [3.63, 3.8) is 0 Å². The van der Waals surface area contributed by atoms with Gasteiger partial charge in [-0.3, -0.25) is 4.98 Å². The van der Waals surface area contributed by atoms with E-state index in [9.17, 15) is 0 Å². The van der Waals surface area contributed by atoms with Crippen LogP contribution >= 0.6 is 11.8 Å². The summed E-state index contributed by atoms with van der Waals surface area (Å²) >= 11 is 1.99. The highest BCUT2D eigenvalue weighted by Gasteiger charge is 2.24. The lowest BCUT2D eigenvalue weighted by atomic mass is 10.0. The zero-order chi connectivity index (χ0) is 11.9. The normalized spacial score (nSPS) is 22.3. The second kappa shape index (κ2) is 6.99. The molecule has 1 aliphatic rings. The number of pyridine rings is 1. The van der Waals surface area contributed by atoms with Gasteiger partial charge in [-0.2, -0.15) is 11.8 Å². The van der Waals surface area contributed by atoms with E-state index in [1.807, 2.05) is 30.2 Å². The first kappa shape index (κ1) is 12.9. The summed E-state index contributed by atoms with van der Waals surface area (Å²) in [5, 5.41) is 3.53. The Kier molecular flexibility index (Phi) is 5.29. The average Bonchev–Trinajstić information content (AvgIpc) is 2.40. The van der Waals surface area contributed by atoms with E-state index < -0.39 is 0 Å². The molecule has 94 valence electrons. The number of aromatic nitrogens is 1. The molecule has 17 heavy (non-hydrogen) atoms. The van der Waals surface area contributed by atoms with Gasteiger partial charge in [0, 0.05) is 29.9 Å². The topological polar surface area (TPSA) is 34.2 Å². The molecule has 0 bridgehead atoms. The van der Waals surface area contributed by atoms with Crippen LogP contribution in [0, 0.1) is 0 Å². The van der Waals surface area contributed by atoms with Crippen LogP contribution in [-0.4, -0.2) is 41.8 Å². The van der Waals surface area contributed by atoms with Gasteiger partial charge in [0.2, 0.25) is 0 Å². The lowest BCUT2D eigenvalue weighted by molar-refractivity contribution is 0.0476. The third kappa shape index (κ3) is 3.98. The van der Waals surface area contributed by atoms with Gasteiger partial charge in [0.1, 0.15) is 0 Å². The van der Waals surface area contributed by atoms with Gasteiger partial charge < -0.3 is 10.1 Å². The van der Waals surface area contributed by atoms with E-state index in [1.54, 1.807) is 0 Å². The number of rotatable bonds is 5. The van der Waals surface area contributed by atoms with Crippen molar-refractivity contribution in [2.24, 2.45) is 0 Å². The maximum Gasteiger partial charge on any atom is 0.0821 e. The Morgan fingerprint density at radius 1 is 1.65 bits per heavy atom. The molecule has 2 heterocycles. The third-order valence-electron chi connectivity index (χ3n) is 2.94. The van der Waals surface area contributed by atoms with E-state index in [0.29, 0.717) is 12.1 Å². The molecule has 1 N–H and O–H groups in total. The van der Waals surface area contributed by atoms with Gasteiger partial charge in [0.15, 0.2) is 0 Å². The summed E-state index contributed by atoms with van der Waals surface area (Å²) in [4.78, 5) is 4.17. The summed E-state index contributed by atoms with van der Waals surface area (Å²) in [7, 11) is 0. The van der Waals surface area contributed by atoms with Gasteiger partial charge in [-0.05, 0) is 24.6 Å². The molecule has 1 aromatic rings. The van der Waals surface area contributed by atoms with Crippen LogP contribution in [0.15, 0.2) is 24.5 Å². The van der Waals surface area contributed by atoms with Crippen LogP contribution in [0.1, 0.15) is 12.5 Å². The van der Waals surface area contributed by atoms with Crippen molar-refractivity contribution in [3.8, 4) is 0 Å². The molecule has 2 atom stereocenters. The molecule has 2 rings (SSSR count). The second-order valence-corrected chi connectivity index (χ2v) is 5.36. The fourth-order valence-corrected chi connectivity index (χ4v) is 3.05. The first-order valence-corrected chi connectivity index (χ1v) is 7.37. The van der Waals surface area contributed by atoms with Gasteiger partial charge in [0.05, 0.1) is 12.7 Å². The van der Waals surface area contributed by atoms with Crippen molar-refractivity contribution in [1.82, 2.24) is 10.3 Å². The predicted octanol–water partition coefficient (Wildman–Crippen LogP) is 1.73. The number of nitrogens with zero attached hydrogens (tertiary/aromatic N) is 1. The molecule has 0 radical (unpaired) electrons. The monoisotopic (exact) mass is 252 g/mol. The Morgan fingerprint density at radius 3 is 3.24 bits per heavy atom. The largest absolute Gasteiger partial charge is 0.375 e. The Balaban J connectivity index is 1.96.